The van der Waals surface area contributed by atoms with Gasteiger partial charge in [0.05, 0.1) is 29.6 Å². The van der Waals surface area contributed by atoms with Crippen LogP contribution in [-0.2, 0) is 10.9 Å². The van der Waals surface area contributed by atoms with Crippen LogP contribution in [0.3, 0.4) is 0 Å². The molecule has 1 saturated heterocycles. The fourth-order valence-electron chi connectivity index (χ4n) is 4.29. The first-order chi connectivity index (χ1) is 16.9. The van der Waals surface area contributed by atoms with Crippen LogP contribution in [0.25, 0.3) is 11.3 Å². The molecule has 1 fully saturated rings. The van der Waals surface area contributed by atoms with Crippen molar-refractivity contribution >= 4 is 23.9 Å². The highest BCUT2D eigenvalue weighted by molar-refractivity contribution is 5.97. The number of alkyl halides is 3. The number of urea groups is 1. The first-order valence-corrected chi connectivity index (χ1v) is 11.6. The molecule has 2 amide bonds. The lowest BCUT2D eigenvalue weighted by Gasteiger charge is -2.36. The first kappa shape index (κ1) is 24.6. The Kier molecular flexibility index (Phi) is 7.57. The SMILES string of the molecule is C/C=C\N=C/OCCCCNC(=O)N1c2nc(-c3cccc(C(F)(F)F)c3)ccc2N2CC[C@H]1C2. The summed E-state index contributed by atoms with van der Waals surface area (Å²) in [6.07, 6.45) is 2.69. The Balaban J connectivity index is 1.45. The summed E-state index contributed by atoms with van der Waals surface area (Å²) in [5.74, 6) is 0.481. The van der Waals surface area contributed by atoms with Crippen LogP contribution in [0.15, 0.2) is 53.7 Å². The van der Waals surface area contributed by atoms with Crippen LogP contribution in [-0.4, -0.2) is 49.7 Å². The van der Waals surface area contributed by atoms with Crippen molar-refractivity contribution in [1.82, 2.24) is 10.3 Å². The number of halogens is 3. The van der Waals surface area contributed by atoms with Crippen molar-refractivity contribution in [3.05, 3.63) is 54.2 Å². The minimum absolute atomic E-state index is 0.0297. The van der Waals surface area contributed by atoms with Crippen molar-refractivity contribution in [1.29, 1.82) is 0 Å². The Morgan fingerprint density at radius 2 is 2.14 bits per heavy atom. The molecule has 3 heterocycles. The van der Waals surface area contributed by atoms with E-state index in [1.54, 1.807) is 29.3 Å². The van der Waals surface area contributed by atoms with E-state index in [-0.39, 0.29) is 12.1 Å². The average molecular weight is 488 g/mol. The number of aliphatic imine (C=N–C) groups is 1. The topological polar surface area (TPSA) is 70.1 Å². The van der Waals surface area contributed by atoms with Gasteiger partial charge >= 0.3 is 12.2 Å². The molecule has 2 bridgehead atoms. The summed E-state index contributed by atoms with van der Waals surface area (Å²) in [5.41, 5.74) is 0.837. The second-order valence-corrected chi connectivity index (χ2v) is 8.42. The van der Waals surface area contributed by atoms with Gasteiger partial charge in [-0.1, -0.05) is 18.2 Å². The normalized spacial score (nSPS) is 17.3. The smallest absolute Gasteiger partial charge is 0.416 e. The lowest BCUT2D eigenvalue weighted by Crippen LogP contribution is -2.50. The Bertz CT molecular complexity index is 1100. The van der Waals surface area contributed by atoms with Gasteiger partial charge in [-0.15, -0.1) is 0 Å². The van der Waals surface area contributed by atoms with Crippen LogP contribution < -0.4 is 15.1 Å². The summed E-state index contributed by atoms with van der Waals surface area (Å²) in [5, 5.41) is 2.95. The van der Waals surface area contributed by atoms with Gasteiger partial charge in [0, 0.05) is 31.4 Å². The highest BCUT2D eigenvalue weighted by Crippen LogP contribution is 2.40. The monoisotopic (exact) mass is 487 g/mol. The molecule has 2 aliphatic heterocycles. The molecule has 2 aliphatic rings. The van der Waals surface area contributed by atoms with Crippen molar-refractivity contribution in [2.45, 2.75) is 38.4 Å². The molecule has 0 saturated carbocycles. The molecule has 1 N–H and O–H groups in total. The molecule has 186 valence electrons. The van der Waals surface area contributed by atoms with E-state index in [1.165, 1.54) is 12.5 Å². The molecule has 1 atom stereocenters. The van der Waals surface area contributed by atoms with E-state index in [0.717, 1.165) is 43.6 Å². The molecule has 0 radical (unpaired) electrons. The third kappa shape index (κ3) is 5.75. The zero-order valence-electron chi connectivity index (χ0n) is 19.5. The Morgan fingerprint density at radius 3 is 2.94 bits per heavy atom. The Morgan fingerprint density at radius 1 is 1.29 bits per heavy atom. The van der Waals surface area contributed by atoms with Gasteiger partial charge in [-0.2, -0.15) is 13.2 Å². The van der Waals surface area contributed by atoms with Crippen molar-refractivity contribution in [2.75, 3.05) is 36.0 Å². The van der Waals surface area contributed by atoms with E-state index in [1.807, 2.05) is 13.0 Å². The molecular weight excluding hydrogens is 459 g/mol. The van der Waals surface area contributed by atoms with E-state index in [9.17, 15) is 18.0 Å². The zero-order chi connectivity index (χ0) is 24.8. The number of ether oxygens (including phenoxy) is 1. The van der Waals surface area contributed by atoms with Crippen LogP contribution in [0.1, 0.15) is 31.7 Å². The predicted octanol–water partition coefficient (Wildman–Crippen LogP) is 5.23. The molecule has 0 unspecified atom stereocenters. The highest BCUT2D eigenvalue weighted by atomic mass is 19.4. The molecule has 10 heteroatoms. The minimum Gasteiger partial charge on any atom is -0.483 e. The quantitative estimate of drug-likeness (QED) is 0.314. The molecule has 0 aliphatic carbocycles. The van der Waals surface area contributed by atoms with E-state index in [2.05, 4.69) is 20.2 Å². The van der Waals surface area contributed by atoms with Crippen LogP contribution in [0.2, 0.25) is 0 Å². The maximum Gasteiger partial charge on any atom is 0.416 e. The Labute approximate surface area is 202 Å². The van der Waals surface area contributed by atoms with Crippen molar-refractivity contribution in [3.63, 3.8) is 0 Å². The van der Waals surface area contributed by atoms with Gasteiger partial charge in [-0.25, -0.2) is 14.8 Å². The van der Waals surface area contributed by atoms with E-state index >= 15 is 0 Å². The van der Waals surface area contributed by atoms with Crippen LogP contribution in [0.5, 0.6) is 0 Å². The number of hydrogen-bond acceptors (Lipinski definition) is 5. The zero-order valence-corrected chi connectivity index (χ0v) is 19.5. The highest BCUT2D eigenvalue weighted by Gasteiger charge is 2.40. The maximum atomic E-state index is 13.2. The fraction of sp³-hybridized carbons (Fsp3) is 0.400. The van der Waals surface area contributed by atoms with Gasteiger partial charge in [-0.3, -0.25) is 4.90 Å². The molecule has 0 spiro atoms. The summed E-state index contributed by atoms with van der Waals surface area (Å²) in [4.78, 5) is 25.5. The predicted molar refractivity (Wildman–Crippen MR) is 130 cm³/mol. The van der Waals surface area contributed by atoms with Crippen molar-refractivity contribution in [3.8, 4) is 11.3 Å². The summed E-state index contributed by atoms with van der Waals surface area (Å²) >= 11 is 0. The summed E-state index contributed by atoms with van der Waals surface area (Å²) in [7, 11) is 0. The maximum absolute atomic E-state index is 13.2. The first-order valence-electron chi connectivity index (χ1n) is 11.6. The number of fused-ring (bicyclic) bond motifs is 4. The third-order valence-corrected chi connectivity index (χ3v) is 5.99. The minimum atomic E-state index is -4.44. The van der Waals surface area contributed by atoms with E-state index < -0.39 is 11.7 Å². The number of nitrogens with one attached hydrogen (secondary N) is 1. The third-order valence-electron chi connectivity index (χ3n) is 5.99. The molecule has 2 aromatic rings. The van der Waals surface area contributed by atoms with Gasteiger partial charge < -0.3 is 15.0 Å². The Hall–Kier alpha value is -3.56. The number of rotatable bonds is 8. The van der Waals surface area contributed by atoms with Crippen molar-refractivity contribution in [2.24, 2.45) is 4.99 Å². The summed E-state index contributed by atoms with van der Waals surface area (Å²) in [6.45, 7) is 4.36. The average Bonchev–Trinajstić information content (AvgIpc) is 3.26. The van der Waals surface area contributed by atoms with Crippen LogP contribution in [0, 0.1) is 0 Å². The molecule has 35 heavy (non-hydrogen) atoms. The molecule has 4 rings (SSSR count). The van der Waals surface area contributed by atoms with Crippen molar-refractivity contribution < 1.29 is 22.7 Å². The molecule has 7 nitrogen and oxygen atoms in total. The van der Waals surface area contributed by atoms with Gasteiger partial charge in [0.15, 0.2) is 12.2 Å². The van der Waals surface area contributed by atoms with Gasteiger partial charge in [0.25, 0.3) is 0 Å². The molecule has 1 aromatic carbocycles. The number of carbonyl (C=O) groups excluding carboxylic acids is 1. The summed E-state index contributed by atoms with van der Waals surface area (Å²) < 4.78 is 44.9. The van der Waals surface area contributed by atoms with Gasteiger partial charge in [0.1, 0.15) is 0 Å². The lowest BCUT2D eigenvalue weighted by molar-refractivity contribution is -0.137. The number of anilines is 2. The number of allylic oxidation sites excluding steroid dienone is 1. The van der Waals surface area contributed by atoms with E-state index in [0.29, 0.717) is 36.8 Å². The molecule has 1 aromatic heterocycles. The number of pyridine rings is 1. The largest absolute Gasteiger partial charge is 0.483 e. The fourth-order valence-corrected chi connectivity index (χ4v) is 4.29. The van der Waals surface area contributed by atoms with E-state index in [4.69, 9.17) is 4.74 Å². The number of amides is 2. The van der Waals surface area contributed by atoms with Gasteiger partial charge in [0.2, 0.25) is 0 Å². The second-order valence-electron chi connectivity index (χ2n) is 8.42. The number of nitrogens with zero attached hydrogens (tertiary/aromatic N) is 4. The summed E-state index contributed by atoms with van der Waals surface area (Å²) in [6, 6.07) is 8.36. The van der Waals surface area contributed by atoms with Crippen LogP contribution >= 0.6 is 0 Å². The second kappa shape index (κ2) is 10.8. The number of aromatic nitrogens is 1. The number of carbonyl (C=O) groups is 1. The number of unbranched alkanes of at least 4 members (excludes halogenated alkanes) is 1. The number of hydrogen-bond donors (Lipinski definition) is 1. The lowest BCUT2D eigenvalue weighted by atomic mass is 10.1. The van der Waals surface area contributed by atoms with Gasteiger partial charge in [-0.05, 0) is 50.5 Å². The standard InChI is InChI=1S/C25H28F3N5O2/c1-2-11-29-17-35-14-4-3-12-30-24(34)33-20-10-13-32(16-20)22-9-8-21(31-23(22)33)18-6-5-7-19(15-18)25(26,27)28/h2,5-9,11,15,17,20H,3-4,10,12-14,16H2,1H3,(H,30,34)/b11-2-,29-17-/t20-/m0/s1. The molecular formula is C25H28F3N5O2. The van der Waals surface area contributed by atoms with Crippen LogP contribution in [0.4, 0.5) is 29.5 Å². The number of benzene rings is 1.